The van der Waals surface area contributed by atoms with Gasteiger partial charge in [-0.1, -0.05) is 13.3 Å². The van der Waals surface area contributed by atoms with Crippen molar-refractivity contribution in [2.45, 2.75) is 32.9 Å². The minimum absolute atomic E-state index is 0.184. The zero-order valence-electron chi connectivity index (χ0n) is 8.27. The Morgan fingerprint density at radius 3 is 2.85 bits per heavy atom. The lowest BCUT2D eigenvalue weighted by Gasteiger charge is -2.23. The van der Waals surface area contributed by atoms with Gasteiger partial charge in [-0.3, -0.25) is 5.01 Å². The van der Waals surface area contributed by atoms with E-state index in [4.69, 9.17) is 5.26 Å². The first kappa shape index (κ1) is 9.85. The molecule has 0 N–H and O–H groups in total. The van der Waals surface area contributed by atoms with Gasteiger partial charge in [0.05, 0.1) is 0 Å². The Morgan fingerprint density at radius 2 is 2.31 bits per heavy atom. The van der Waals surface area contributed by atoms with E-state index >= 15 is 0 Å². The maximum atomic E-state index is 8.92. The van der Waals surface area contributed by atoms with Gasteiger partial charge in [-0.15, -0.1) is 0 Å². The van der Waals surface area contributed by atoms with Crippen LogP contribution < -0.4 is 0 Å². The second-order valence-corrected chi connectivity index (χ2v) is 3.08. The van der Waals surface area contributed by atoms with Gasteiger partial charge in [0.15, 0.2) is 0 Å². The molecule has 0 aromatic carbocycles. The Balaban J connectivity index is 2.49. The number of nitriles is 1. The molecule has 0 spiro atoms. The third-order valence-corrected chi connectivity index (χ3v) is 2.17. The van der Waals surface area contributed by atoms with Crippen LogP contribution in [0.25, 0.3) is 0 Å². The molecule has 1 aliphatic heterocycles. The molecule has 0 aromatic rings. The summed E-state index contributed by atoms with van der Waals surface area (Å²) in [5.74, 6) is 0. The first-order valence-corrected chi connectivity index (χ1v) is 4.79. The fourth-order valence-electron chi connectivity index (χ4n) is 1.33. The summed E-state index contributed by atoms with van der Waals surface area (Å²) in [4.78, 5) is 1.94. The minimum atomic E-state index is -0.184. The van der Waals surface area contributed by atoms with Gasteiger partial charge in [0.25, 0.3) is 0 Å². The van der Waals surface area contributed by atoms with E-state index in [1.807, 2.05) is 16.8 Å². The molecule has 13 heavy (non-hydrogen) atoms. The van der Waals surface area contributed by atoms with Crippen LogP contribution in [0.15, 0.2) is 5.10 Å². The predicted molar refractivity (Wildman–Crippen MR) is 51.9 cm³/mol. The number of hydrazone groups is 1. The second kappa shape index (κ2) is 4.70. The molecule has 1 rings (SSSR count). The van der Waals surface area contributed by atoms with Crippen LogP contribution >= 0.6 is 0 Å². The van der Waals surface area contributed by atoms with Crippen LogP contribution in [0.1, 0.15) is 26.7 Å². The molecule has 0 aromatic heterocycles. The summed E-state index contributed by atoms with van der Waals surface area (Å²) in [6.07, 6.45) is 3.80. The summed E-state index contributed by atoms with van der Waals surface area (Å²) in [6.45, 7) is 5.88. The summed E-state index contributed by atoms with van der Waals surface area (Å²) < 4.78 is 0. The largest absolute Gasteiger partial charge is 0.328 e. The van der Waals surface area contributed by atoms with E-state index in [1.165, 1.54) is 0 Å². The van der Waals surface area contributed by atoms with Crippen molar-refractivity contribution in [1.29, 1.82) is 5.26 Å². The van der Waals surface area contributed by atoms with Crippen LogP contribution in [-0.2, 0) is 0 Å². The molecule has 1 aliphatic rings. The molecule has 0 amide bonds. The van der Waals surface area contributed by atoms with Gasteiger partial charge in [0, 0.05) is 13.1 Å². The van der Waals surface area contributed by atoms with Gasteiger partial charge < -0.3 is 4.90 Å². The predicted octanol–water partition coefficient (Wildman–Crippen LogP) is 1.22. The Bertz CT molecular complexity index is 218. The van der Waals surface area contributed by atoms with Crippen molar-refractivity contribution >= 4 is 6.34 Å². The maximum Gasteiger partial charge on any atom is 0.207 e. The fourth-order valence-corrected chi connectivity index (χ4v) is 1.33. The monoisotopic (exact) mass is 180 g/mol. The SMILES string of the molecule is CCCCN1N=CN(CC)C1C#N. The van der Waals surface area contributed by atoms with Crippen molar-refractivity contribution in [3.05, 3.63) is 0 Å². The number of hydrogen-bond acceptors (Lipinski definition) is 4. The van der Waals surface area contributed by atoms with Crippen molar-refractivity contribution in [1.82, 2.24) is 9.91 Å². The zero-order valence-corrected chi connectivity index (χ0v) is 8.27. The van der Waals surface area contributed by atoms with Gasteiger partial charge in [0.1, 0.15) is 12.4 Å². The summed E-state index contributed by atoms with van der Waals surface area (Å²) in [6, 6.07) is 2.25. The summed E-state index contributed by atoms with van der Waals surface area (Å²) in [5, 5.41) is 15.0. The highest BCUT2D eigenvalue weighted by Crippen LogP contribution is 2.11. The van der Waals surface area contributed by atoms with Crippen LogP contribution in [0.5, 0.6) is 0 Å². The third-order valence-electron chi connectivity index (χ3n) is 2.17. The summed E-state index contributed by atoms with van der Waals surface area (Å²) in [7, 11) is 0. The molecule has 1 atom stereocenters. The van der Waals surface area contributed by atoms with Crippen LogP contribution in [-0.4, -0.2) is 35.5 Å². The van der Waals surface area contributed by atoms with E-state index in [0.717, 1.165) is 25.9 Å². The third kappa shape index (κ3) is 2.11. The Hall–Kier alpha value is -1.24. The average molecular weight is 180 g/mol. The number of rotatable bonds is 4. The number of hydrogen-bond donors (Lipinski definition) is 0. The van der Waals surface area contributed by atoms with E-state index in [-0.39, 0.29) is 6.17 Å². The average Bonchev–Trinajstić information content (AvgIpc) is 2.56. The van der Waals surface area contributed by atoms with Crippen LogP contribution in [0.2, 0.25) is 0 Å². The van der Waals surface area contributed by atoms with Gasteiger partial charge in [0.2, 0.25) is 6.17 Å². The second-order valence-electron chi connectivity index (χ2n) is 3.08. The normalized spacial score (nSPS) is 20.8. The quantitative estimate of drug-likeness (QED) is 0.653. The lowest BCUT2D eigenvalue weighted by atomic mass is 10.3. The molecule has 1 heterocycles. The van der Waals surface area contributed by atoms with Crippen LogP contribution in [0.4, 0.5) is 0 Å². The topological polar surface area (TPSA) is 42.6 Å². The van der Waals surface area contributed by atoms with Gasteiger partial charge in [-0.2, -0.15) is 10.4 Å². The van der Waals surface area contributed by atoms with E-state index in [0.29, 0.717) is 0 Å². The highest BCUT2D eigenvalue weighted by molar-refractivity contribution is 5.57. The van der Waals surface area contributed by atoms with Gasteiger partial charge >= 0.3 is 0 Å². The molecule has 0 aliphatic carbocycles. The Labute approximate surface area is 79.4 Å². The highest BCUT2D eigenvalue weighted by Gasteiger charge is 2.25. The van der Waals surface area contributed by atoms with Gasteiger partial charge in [-0.25, -0.2) is 0 Å². The van der Waals surface area contributed by atoms with E-state index in [1.54, 1.807) is 6.34 Å². The standard InChI is InChI=1S/C9H16N4/c1-3-5-6-13-9(7-10)12(4-2)8-11-13/h8-9H,3-6H2,1-2H3. The first-order valence-electron chi connectivity index (χ1n) is 4.79. The molecule has 0 bridgehead atoms. The lowest BCUT2D eigenvalue weighted by molar-refractivity contribution is 0.179. The Kier molecular flexibility index (Phi) is 3.56. The van der Waals surface area contributed by atoms with E-state index < -0.39 is 0 Å². The zero-order chi connectivity index (χ0) is 9.68. The molecule has 0 saturated heterocycles. The summed E-state index contributed by atoms with van der Waals surface area (Å²) >= 11 is 0. The maximum absolute atomic E-state index is 8.92. The highest BCUT2D eigenvalue weighted by atomic mass is 15.6. The van der Waals surface area contributed by atoms with Crippen molar-refractivity contribution in [3.8, 4) is 6.07 Å². The summed E-state index contributed by atoms with van der Waals surface area (Å²) in [5.41, 5.74) is 0. The lowest BCUT2D eigenvalue weighted by Crippen LogP contribution is -2.38. The molecule has 1 unspecified atom stereocenters. The van der Waals surface area contributed by atoms with E-state index in [9.17, 15) is 0 Å². The number of unbranched alkanes of at least 4 members (excludes halogenated alkanes) is 1. The van der Waals surface area contributed by atoms with Crippen molar-refractivity contribution in [2.75, 3.05) is 13.1 Å². The molecule has 0 saturated carbocycles. The van der Waals surface area contributed by atoms with Crippen molar-refractivity contribution in [3.63, 3.8) is 0 Å². The molecular formula is C9H16N4. The van der Waals surface area contributed by atoms with E-state index in [2.05, 4.69) is 18.1 Å². The van der Waals surface area contributed by atoms with Crippen molar-refractivity contribution < 1.29 is 0 Å². The number of nitrogens with zero attached hydrogens (tertiary/aromatic N) is 4. The molecule has 0 fully saturated rings. The molecule has 72 valence electrons. The fraction of sp³-hybridized carbons (Fsp3) is 0.778. The smallest absolute Gasteiger partial charge is 0.207 e. The minimum Gasteiger partial charge on any atom is -0.328 e. The molecule has 0 radical (unpaired) electrons. The van der Waals surface area contributed by atoms with Crippen LogP contribution in [0, 0.1) is 11.3 Å². The Morgan fingerprint density at radius 1 is 1.54 bits per heavy atom. The molecule has 4 heteroatoms. The molecule has 4 nitrogen and oxygen atoms in total. The van der Waals surface area contributed by atoms with Gasteiger partial charge in [-0.05, 0) is 13.3 Å². The van der Waals surface area contributed by atoms with Crippen molar-refractivity contribution in [2.24, 2.45) is 5.10 Å². The molecular weight excluding hydrogens is 164 g/mol. The van der Waals surface area contributed by atoms with Crippen LogP contribution in [0.3, 0.4) is 0 Å². The first-order chi connectivity index (χ1) is 6.33.